The van der Waals surface area contributed by atoms with Crippen LogP contribution in [-0.2, 0) is 6.42 Å². The number of benzene rings is 2. The third-order valence-electron chi connectivity index (χ3n) is 3.33. The van der Waals surface area contributed by atoms with Gasteiger partial charge in [0.2, 0.25) is 0 Å². The fraction of sp³-hybridized carbons (Fsp3) is 0.294. The molecule has 0 aromatic heterocycles. The van der Waals surface area contributed by atoms with E-state index in [-0.39, 0.29) is 11.9 Å². The summed E-state index contributed by atoms with van der Waals surface area (Å²) in [6, 6.07) is 12.7. The molecule has 0 saturated carbocycles. The SMILES string of the molecule is CCCNC(Cc1ccc(Br)cc1)c1cc(Cl)ccc1F. The van der Waals surface area contributed by atoms with E-state index in [1.807, 2.05) is 24.3 Å². The molecule has 0 radical (unpaired) electrons. The highest BCUT2D eigenvalue weighted by atomic mass is 79.9. The van der Waals surface area contributed by atoms with Crippen LogP contribution >= 0.6 is 27.5 Å². The van der Waals surface area contributed by atoms with Crippen LogP contribution in [0.2, 0.25) is 5.02 Å². The van der Waals surface area contributed by atoms with E-state index in [1.54, 1.807) is 12.1 Å². The minimum absolute atomic E-state index is 0.0789. The summed E-state index contributed by atoms with van der Waals surface area (Å²) >= 11 is 9.44. The largest absolute Gasteiger partial charge is 0.310 e. The second kappa shape index (κ2) is 7.92. The van der Waals surface area contributed by atoms with Crippen LogP contribution in [0.3, 0.4) is 0 Å². The minimum atomic E-state index is -0.217. The van der Waals surface area contributed by atoms with Gasteiger partial charge in [-0.3, -0.25) is 0 Å². The second-order valence-corrected chi connectivity index (χ2v) is 6.36. The Bertz CT molecular complexity index is 586. The summed E-state index contributed by atoms with van der Waals surface area (Å²) in [5.41, 5.74) is 1.78. The van der Waals surface area contributed by atoms with E-state index < -0.39 is 0 Å². The van der Waals surface area contributed by atoms with Crippen LogP contribution < -0.4 is 5.32 Å². The molecule has 0 aliphatic carbocycles. The van der Waals surface area contributed by atoms with Gasteiger partial charge in [-0.25, -0.2) is 4.39 Å². The van der Waals surface area contributed by atoms with Crippen molar-refractivity contribution in [3.05, 3.63) is 68.9 Å². The van der Waals surface area contributed by atoms with Gasteiger partial charge in [0.05, 0.1) is 0 Å². The number of hydrogen-bond acceptors (Lipinski definition) is 1. The molecule has 0 aliphatic heterocycles. The van der Waals surface area contributed by atoms with Crippen LogP contribution in [0.4, 0.5) is 4.39 Å². The number of nitrogens with one attached hydrogen (secondary N) is 1. The first-order chi connectivity index (χ1) is 10.1. The molecule has 1 unspecified atom stereocenters. The lowest BCUT2D eigenvalue weighted by Crippen LogP contribution is -2.25. The smallest absolute Gasteiger partial charge is 0.128 e. The monoisotopic (exact) mass is 369 g/mol. The number of hydrogen-bond donors (Lipinski definition) is 1. The van der Waals surface area contributed by atoms with Crippen LogP contribution in [0, 0.1) is 5.82 Å². The van der Waals surface area contributed by atoms with E-state index in [0.717, 1.165) is 29.4 Å². The molecule has 0 fully saturated rings. The normalized spacial score (nSPS) is 12.4. The van der Waals surface area contributed by atoms with Crippen LogP contribution in [0.5, 0.6) is 0 Å². The average molecular weight is 371 g/mol. The molecule has 1 nitrogen and oxygen atoms in total. The van der Waals surface area contributed by atoms with Gasteiger partial charge in [-0.2, -0.15) is 0 Å². The van der Waals surface area contributed by atoms with Crippen LogP contribution in [-0.4, -0.2) is 6.54 Å². The van der Waals surface area contributed by atoms with E-state index in [0.29, 0.717) is 10.6 Å². The van der Waals surface area contributed by atoms with Crippen molar-refractivity contribution >= 4 is 27.5 Å². The summed E-state index contributed by atoms with van der Waals surface area (Å²) in [6.07, 6.45) is 1.73. The fourth-order valence-corrected chi connectivity index (χ4v) is 2.69. The highest BCUT2D eigenvalue weighted by Crippen LogP contribution is 2.25. The molecule has 0 amide bonds. The minimum Gasteiger partial charge on any atom is -0.310 e. The lowest BCUT2D eigenvalue weighted by atomic mass is 9.98. The van der Waals surface area contributed by atoms with Crippen molar-refractivity contribution in [2.24, 2.45) is 0 Å². The number of halogens is 3. The maximum Gasteiger partial charge on any atom is 0.128 e. The highest BCUT2D eigenvalue weighted by molar-refractivity contribution is 9.10. The molecule has 2 rings (SSSR count). The third kappa shape index (κ3) is 4.80. The van der Waals surface area contributed by atoms with Gasteiger partial charge < -0.3 is 5.32 Å². The summed E-state index contributed by atoms with van der Waals surface area (Å²) in [6.45, 7) is 2.94. The molecule has 2 aromatic carbocycles. The van der Waals surface area contributed by atoms with E-state index >= 15 is 0 Å². The molecule has 0 heterocycles. The van der Waals surface area contributed by atoms with Crippen LogP contribution in [0.1, 0.15) is 30.5 Å². The third-order valence-corrected chi connectivity index (χ3v) is 4.09. The van der Waals surface area contributed by atoms with Gasteiger partial charge >= 0.3 is 0 Å². The zero-order chi connectivity index (χ0) is 15.2. The molecule has 21 heavy (non-hydrogen) atoms. The molecule has 0 bridgehead atoms. The van der Waals surface area contributed by atoms with E-state index in [2.05, 4.69) is 28.2 Å². The molecule has 0 aliphatic rings. The first-order valence-corrected chi connectivity index (χ1v) is 8.20. The molecule has 0 saturated heterocycles. The lowest BCUT2D eigenvalue weighted by molar-refractivity contribution is 0.497. The molecule has 1 N–H and O–H groups in total. The fourth-order valence-electron chi connectivity index (χ4n) is 2.25. The Morgan fingerprint density at radius 3 is 2.57 bits per heavy atom. The predicted molar refractivity (Wildman–Crippen MR) is 90.3 cm³/mol. The van der Waals surface area contributed by atoms with Gasteiger partial charge in [0, 0.05) is 21.1 Å². The topological polar surface area (TPSA) is 12.0 Å². The second-order valence-electron chi connectivity index (χ2n) is 5.00. The van der Waals surface area contributed by atoms with Crippen molar-refractivity contribution < 1.29 is 4.39 Å². The van der Waals surface area contributed by atoms with E-state index in [9.17, 15) is 4.39 Å². The van der Waals surface area contributed by atoms with Crippen molar-refractivity contribution in [1.82, 2.24) is 5.32 Å². The van der Waals surface area contributed by atoms with Crippen molar-refractivity contribution in [3.8, 4) is 0 Å². The molecule has 1 atom stereocenters. The van der Waals surface area contributed by atoms with Crippen molar-refractivity contribution in [2.45, 2.75) is 25.8 Å². The quantitative estimate of drug-likeness (QED) is 0.705. The number of rotatable bonds is 6. The van der Waals surface area contributed by atoms with Gasteiger partial charge in [0.25, 0.3) is 0 Å². The van der Waals surface area contributed by atoms with Crippen molar-refractivity contribution in [2.75, 3.05) is 6.54 Å². The van der Waals surface area contributed by atoms with Crippen molar-refractivity contribution in [3.63, 3.8) is 0 Å². The Labute approximate surface area is 138 Å². The summed E-state index contributed by atoms with van der Waals surface area (Å²) in [5.74, 6) is -0.217. The molecule has 0 spiro atoms. The molecule has 4 heteroatoms. The first kappa shape index (κ1) is 16.5. The van der Waals surface area contributed by atoms with Gasteiger partial charge in [-0.15, -0.1) is 0 Å². The Kier molecular flexibility index (Phi) is 6.22. The summed E-state index contributed by atoms with van der Waals surface area (Å²) in [4.78, 5) is 0. The molecule has 112 valence electrons. The lowest BCUT2D eigenvalue weighted by Gasteiger charge is -2.20. The average Bonchev–Trinajstić information content (AvgIpc) is 2.48. The maximum absolute atomic E-state index is 14.1. The van der Waals surface area contributed by atoms with E-state index in [4.69, 9.17) is 11.6 Å². The van der Waals surface area contributed by atoms with Gasteiger partial charge in [-0.05, 0) is 55.3 Å². The first-order valence-electron chi connectivity index (χ1n) is 7.03. The maximum atomic E-state index is 14.1. The zero-order valence-corrected chi connectivity index (χ0v) is 14.2. The van der Waals surface area contributed by atoms with Gasteiger partial charge in [0.15, 0.2) is 0 Å². The Morgan fingerprint density at radius 2 is 1.90 bits per heavy atom. The Balaban J connectivity index is 2.25. The molecule has 2 aromatic rings. The predicted octanol–water partition coefficient (Wildman–Crippen LogP) is 5.53. The molecular weight excluding hydrogens is 353 g/mol. The molecular formula is C17H18BrClFN. The standard InChI is InChI=1S/C17H18BrClFN/c1-2-9-21-17(10-12-3-5-13(18)6-4-12)15-11-14(19)7-8-16(15)20/h3-8,11,17,21H,2,9-10H2,1H3. The van der Waals surface area contributed by atoms with Gasteiger partial charge in [-0.1, -0.05) is 46.6 Å². The van der Waals surface area contributed by atoms with E-state index in [1.165, 1.54) is 6.07 Å². The zero-order valence-electron chi connectivity index (χ0n) is 11.9. The summed E-state index contributed by atoms with van der Waals surface area (Å²) in [7, 11) is 0. The summed E-state index contributed by atoms with van der Waals surface area (Å²) < 4.78 is 15.1. The van der Waals surface area contributed by atoms with Crippen LogP contribution in [0.15, 0.2) is 46.9 Å². The van der Waals surface area contributed by atoms with Crippen molar-refractivity contribution in [1.29, 1.82) is 0 Å². The van der Waals surface area contributed by atoms with Crippen LogP contribution in [0.25, 0.3) is 0 Å². The Morgan fingerprint density at radius 1 is 1.19 bits per heavy atom. The highest BCUT2D eigenvalue weighted by Gasteiger charge is 2.16. The summed E-state index contributed by atoms with van der Waals surface area (Å²) in [5, 5.41) is 3.97. The van der Waals surface area contributed by atoms with Gasteiger partial charge in [0.1, 0.15) is 5.82 Å². The Hall–Kier alpha value is -0.900.